The molecule has 5 heteroatoms. The zero-order chi connectivity index (χ0) is 20.4. The van der Waals surface area contributed by atoms with E-state index in [2.05, 4.69) is 15.9 Å². The minimum Gasteiger partial charge on any atom is -0.497 e. The van der Waals surface area contributed by atoms with Gasteiger partial charge in [0.1, 0.15) is 23.9 Å². The molecular formula is C24H19BrO4. The van der Waals surface area contributed by atoms with Gasteiger partial charge in [0, 0.05) is 10.0 Å². The van der Waals surface area contributed by atoms with E-state index in [1.54, 1.807) is 19.3 Å². The highest BCUT2D eigenvalue weighted by Gasteiger charge is 2.30. The van der Waals surface area contributed by atoms with Crippen molar-refractivity contribution in [3.05, 3.63) is 93.1 Å². The lowest BCUT2D eigenvalue weighted by atomic mass is 10.1. The molecule has 29 heavy (non-hydrogen) atoms. The second-order valence-electron chi connectivity index (χ2n) is 6.69. The second-order valence-corrected chi connectivity index (χ2v) is 7.61. The molecule has 0 bridgehead atoms. The molecule has 0 aromatic heterocycles. The normalized spacial score (nSPS) is 13.9. The Morgan fingerprint density at radius 2 is 1.72 bits per heavy atom. The van der Waals surface area contributed by atoms with Gasteiger partial charge in [0.2, 0.25) is 5.78 Å². The van der Waals surface area contributed by atoms with Gasteiger partial charge in [-0.1, -0.05) is 40.2 Å². The van der Waals surface area contributed by atoms with Crippen molar-refractivity contribution in [2.45, 2.75) is 13.5 Å². The maximum Gasteiger partial charge on any atom is 0.231 e. The first kappa shape index (κ1) is 19.3. The summed E-state index contributed by atoms with van der Waals surface area (Å²) in [5.41, 5.74) is 3.29. The molecule has 146 valence electrons. The maximum atomic E-state index is 12.7. The number of carbonyl (C=O) groups excluding carboxylic acids is 1. The van der Waals surface area contributed by atoms with Crippen molar-refractivity contribution in [2.75, 3.05) is 7.11 Å². The second kappa shape index (κ2) is 8.13. The molecule has 0 saturated heterocycles. The molecule has 1 heterocycles. The fourth-order valence-electron chi connectivity index (χ4n) is 3.12. The van der Waals surface area contributed by atoms with Gasteiger partial charge in [-0.2, -0.15) is 0 Å². The van der Waals surface area contributed by atoms with Crippen LogP contribution in [0.1, 0.15) is 27.0 Å². The zero-order valence-corrected chi connectivity index (χ0v) is 17.7. The van der Waals surface area contributed by atoms with Gasteiger partial charge < -0.3 is 14.2 Å². The first-order valence-electron chi connectivity index (χ1n) is 9.14. The average molecular weight is 451 g/mol. The summed E-state index contributed by atoms with van der Waals surface area (Å²) in [6.07, 6.45) is 1.76. The first-order valence-corrected chi connectivity index (χ1v) is 9.93. The molecule has 0 N–H and O–H groups in total. The van der Waals surface area contributed by atoms with Crippen molar-refractivity contribution in [3.63, 3.8) is 0 Å². The molecule has 0 radical (unpaired) electrons. The highest BCUT2D eigenvalue weighted by Crippen LogP contribution is 2.39. The van der Waals surface area contributed by atoms with E-state index in [1.807, 2.05) is 61.5 Å². The van der Waals surface area contributed by atoms with Gasteiger partial charge in [-0.05, 0) is 60.5 Å². The van der Waals surface area contributed by atoms with Crippen LogP contribution in [-0.4, -0.2) is 12.9 Å². The molecule has 3 aromatic carbocycles. The quantitative estimate of drug-likeness (QED) is 0.449. The molecule has 1 aliphatic rings. The highest BCUT2D eigenvalue weighted by molar-refractivity contribution is 9.10. The largest absolute Gasteiger partial charge is 0.497 e. The van der Waals surface area contributed by atoms with E-state index >= 15 is 0 Å². The van der Waals surface area contributed by atoms with Crippen LogP contribution in [0.25, 0.3) is 6.08 Å². The third kappa shape index (κ3) is 4.05. The summed E-state index contributed by atoms with van der Waals surface area (Å²) in [4.78, 5) is 12.7. The summed E-state index contributed by atoms with van der Waals surface area (Å²) in [7, 11) is 1.64. The van der Waals surface area contributed by atoms with Gasteiger partial charge in [-0.3, -0.25) is 4.79 Å². The maximum absolute atomic E-state index is 12.7. The number of ketones is 1. The molecule has 0 aliphatic carbocycles. The number of benzene rings is 3. The Kier molecular flexibility index (Phi) is 5.41. The monoisotopic (exact) mass is 450 g/mol. The Morgan fingerprint density at radius 1 is 1.00 bits per heavy atom. The number of allylic oxidation sites excluding steroid dienone is 1. The molecule has 0 fully saturated rings. The number of rotatable bonds is 5. The summed E-state index contributed by atoms with van der Waals surface area (Å²) in [6, 6.07) is 19.0. The summed E-state index contributed by atoms with van der Waals surface area (Å²) in [6.45, 7) is 2.32. The predicted molar refractivity (Wildman–Crippen MR) is 116 cm³/mol. The van der Waals surface area contributed by atoms with Crippen LogP contribution < -0.4 is 14.2 Å². The summed E-state index contributed by atoms with van der Waals surface area (Å²) in [5, 5.41) is 0. The third-order valence-corrected chi connectivity index (χ3v) is 5.29. The minimum atomic E-state index is -0.118. The fraction of sp³-hybridized carbons (Fsp3) is 0.125. The number of carbonyl (C=O) groups is 1. The molecule has 0 unspecified atom stereocenters. The molecular weight excluding hydrogens is 432 g/mol. The van der Waals surface area contributed by atoms with E-state index in [0.29, 0.717) is 29.4 Å². The van der Waals surface area contributed by atoms with Crippen LogP contribution in [-0.2, 0) is 6.61 Å². The topological polar surface area (TPSA) is 44.8 Å². The van der Waals surface area contributed by atoms with Crippen molar-refractivity contribution < 1.29 is 19.0 Å². The standard InChI is InChI=1S/C24H19BrO4/c1-15-21(28-14-17-5-9-19(27-2)10-6-17)12-11-20-23(26)22(29-24(15)20)13-16-3-7-18(25)8-4-16/h3-13H,14H2,1-2H3/b22-13-. The van der Waals surface area contributed by atoms with Gasteiger partial charge in [-0.25, -0.2) is 0 Å². The Morgan fingerprint density at radius 3 is 2.41 bits per heavy atom. The molecule has 0 saturated carbocycles. The van der Waals surface area contributed by atoms with E-state index in [-0.39, 0.29) is 5.78 Å². The van der Waals surface area contributed by atoms with Gasteiger partial charge in [0.15, 0.2) is 5.76 Å². The molecule has 4 nitrogen and oxygen atoms in total. The van der Waals surface area contributed by atoms with E-state index in [4.69, 9.17) is 14.2 Å². The number of Topliss-reactive ketones (excluding diaryl/α,β-unsaturated/α-hetero) is 1. The number of fused-ring (bicyclic) bond motifs is 1. The number of ether oxygens (including phenoxy) is 3. The minimum absolute atomic E-state index is 0.118. The summed E-state index contributed by atoms with van der Waals surface area (Å²) in [5.74, 6) is 2.26. The molecule has 4 rings (SSSR count). The molecule has 3 aromatic rings. The van der Waals surface area contributed by atoms with E-state index in [9.17, 15) is 4.79 Å². The van der Waals surface area contributed by atoms with Crippen LogP contribution in [0.4, 0.5) is 0 Å². The van der Waals surface area contributed by atoms with Gasteiger partial charge >= 0.3 is 0 Å². The Labute approximate surface area is 177 Å². The van der Waals surface area contributed by atoms with Gasteiger partial charge in [-0.15, -0.1) is 0 Å². The molecule has 0 spiro atoms. The number of hydrogen-bond donors (Lipinski definition) is 0. The number of halogens is 1. The highest BCUT2D eigenvalue weighted by atomic mass is 79.9. The first-order chi connectivity index (χ1) is 14.0. The summed E-state index contributed by atoms with van der Waals surface area (Å²) >= 11 is 3.41. The lowest BCUT2D eigenvalue weighted by Gasteiger charge is -2.12. The SMILES string of the molecule is COc1ccc(COc2ccc3c(c2C)O/C(=C\c2ccc(Br)cc2)C3=O)cc1. The van der Waals surface area contributed by atoms with Crippen LogP contribution >= 0.6 is 15.9 Å². The van der Waals surface area contributed by atoms with Crippen molar-refractivity contribution in [1.82, 2.24) is 0 Å². The van der Waals surface area contributed by atoms with Crippen LogP contribution in [0, 0.1) is 6.92 Å². The Hall–Kier alpha value is -3.05. The van der Waals surface area contributed by atoms with E-state index in [0.717, 1.165) is 26.9 Å². The smallest absolute Gasteiger partial charge is 0.231 e. The van der Waals surface area contributed by atoms with Crippen LogP contribution in [0.2, 0.25) is 0 Å². The molecule has 0 atom stereocenters. The average Bonchev–Trinajstić information content (AvgIpc) is 3.06. The number of methoxy groups -OCH3 is 1. The van der Waals surface area contributed by atoms with Gasteiger partial charge in [0.05, 0.1) is 12.7 Å². The van der Waals surface area contributed by atoms with Crippen LogP contribution in [0.5, 0.6) is 17.2 Å². The summed E-state index contributed by atoms with van der Waals surface area (Å²) < 4.78 is 18.0. The van der Waals surface area contributed by atoms with Crippen LogP contribution in [0.3, 0.4) is 0 Å². The lowest BCUT2D eigenvalue weighted by Crippen LogP contribution is -1.98. The third-order valence-electron chi connectivity index (χ3n) is 4.76. The van der Waals surface area contributed by atoms with Crippen molar-refractivity contribution in [3.8, 4) is 17.2 Å². The van der Waals surface area contributed by atoms with Gasteiger partial charge in [0.25, 0.3) is 0 Å². The molecule has 1 aliphatic heterocycles. The van der Waals surface area contributed by atoms with Crippen molar-refractivity contribution >= 4 is 27.8 Å². The van der Waals surface area contributed by atoms with E-state index in [1.165, 1.54) is 0 Å². The Bertz CT molecular complexity index is 1080. The van der Waals surface area contributed by atoms with Crippen molar-refractivity contribution in [2.24, 2.45) is 0 Å². The molecule has 0 amide bonds. The fourth-order valence-corrected chi connectivity index (χ4v) is 3.38. The van der Waals surface area contributed by atoms with Crippen LogP contribution in [0.15, 0.2) is 70.9 Å². The van der Waals surface area contributed by atoms with E-state index < -0.39 is 0 Å². The Balaban J connectivity index is 1.53. The number of hydrogen-bond acceptors (Lipinski definition) is 4. The van der Waals surface area contributed by atoms with Crippen molar-refractivity contribution in [1.29, 1.82) is 0 Å². The lowest BCUT2D eigenvalue weighted by molar-refractivity contribution is 0.101. The predicted octanol–water partition coefficient (Wildman–Crippen LogP) is 5.96. The zero-order valence-electron chi connectivity index (χ0n) is 16.1.